The Hall–Kier alpha value is -1.36. The summed E-state index contributed by atoms with van der Waals surface area (Å²) in [5.41, 5.74) is -2.40. The number of ether oxygens (including phenoxy) is 2. The molecule has 138 valence electrons. The molecule has 0 saturated heterocycles. The number of ketones is 1. The molecule has 0 aromatic heterocycles. The van der Waals surface area contributed by atoms with Gasteiger partial charge < -0.3 is 14.6 Å². The van der Waals surface area contributed by atoms with Gasteiger partial charge in [0.05, 0.1) is 23.5 Å². The van der Waals surface area contributed by atoms with Crippen molar-refractivity contribution in [1.29, 1.82) is 0 Å². The third kappa shape index (κ3) is 4.18. The Morgan fingerprint density at radius 3 is 1.79 bits per heavy atom. The maximum atomic E-state index is 12.8. The molecule has 5 heteroatoms. The predicted molar refractivity (Wildman–Crippen MR) is 96.1 cm³/mol. The highest BCUT2D eigenvalue weighted by atomic mass is 16.6. The fourth-order valence-corrected chi connectivity index (χ4v) is 2.53. The third-order valence-electron chi connectivity index (χ3n) is 3.28. The smallest absolute Gasteiger partial charge is 0.246 e. The number of Topliss-reactive ketones (excluding diaryl/α,β-unsaturated/α-hetero) is 1. The molecule has 0 aromatic rings. The van der Waals surface area contributed by atoms with Crippen LogP contribution in [0.1, 0.15) is 69.2 Å². The lowest BCUT2D eigenvalue weighted by atomic mass is 9.69. The molecule has 1 rings (SSSR count). The molecule has 0 radical (unpaired) electrons. The van der Waals surface area contributed by atoms with E-state index in [1.807, 2.05) is 69.2 Å². The second-order valence-corrected chi connectivity index (χ2v) is 8.91. The molecule has 5 nitrogen and oxygen atoms in total. The summed E-state index contributed by atoms with van der Waals surface area (Å²) in [6.45, 7) is 18.9. The molecule has 1 aliphatic carbocycles. The van der Waals surface area contributed by atoms with Crippen molar-refractivity contribution in [2.75, 3.05) is 0 Å². The average molecular weight is 339 g/mol. The summed E-state index contributed by atoms with van der Waals surface area (Å²) in [4.78, 5) is 17.5. The lowest BCUT2D eigenvalue weighted by Crippen LogP contribution is -2.62. The van der Waals surface area contributed by atoms with Crippen molar-refractivity contribution >= 4 is 11.5 Å². The molecule has 1 aliphatic rings. The summed E-state index contributed by atoms with van der Waals surface area (Å²) in [7, 11) is 0. The Morgan fingerprint density at radius 1 is 1.00 bits per heavy atom. The van der Waals surface area contributed by atoms with Gasteiger partial charge in [-0.1, -0.05) is 20.8 Å². The van der Waals surface area contributed by atoms with E-state index in [0.29, 0.717) is 5.71 Å². The topological polar surface area (TPSA) is 68.1 Å². The Labute approximate surface area is 146 Å². The van der Waals surface area contributed by atoms with Gasteiger partial charge in [0.2, 0.25) is 17.1 Å². The fourth-order valence-electron chi connectivity index (χ4n) is 2.53. The molecule has 0 bridgehead atoms. The molecular weight excluding hydrogens is 306 g/mol. The van der Waals surface area contributed by atoms with Crippen molar-refractivity contribution in [3.05, 3.63) is 11.5 Å². The van der Waals surface area contributed by atoms with Crippen LogP contribution in [-0.4, -0.2) is 39.9 Å². The van der Waals surface area contributed by atoms with E-state index in [-0.39, 0.29) is 23.7 Å². The second kappa shape index (κ2) is 6.51. The van der Waals surface area contributed by atoms with Crippen molar-refractivity contribution in [1.82, 2.24) is 0 Å². The summed E-state index contributed by atoms with van der Waals surface area (Å²) >= 11 is 0. The van der Waals surface area contributed by atoms with Gasteiger partial charge >= 0.3 is 0 Å². The molecule has 0 fully saturated rings. The fraction of sp³-hybridized carbons (Fsp3) is 0.789. The minimum atomic E-state index is -1.86. The Kier molecular flexibility index (Phi) is 5.61. The maximum absolute atomic E-state index is 12.8. The minimum Gasteiger partial charge on any atom is -0.487 e. The van der Waals surface area contributed by atoms with Crippen LogP contribution in [0.4, 0.5) is 0 Å². The van der Waals surface area contributed by atoms with Crippen molar-refractivity contribution in [2.24, 2.45) is 10.4 Å². The van der Waals surface area contributed by atoms with Gasteiger partial charge in [0.15, 0.2) is 5.76 Å². The van der Waals surface area contributed by atoms with E-state index >= 15 is 0 Å². The zero-order valence-corrected chi connectivity index (χ0v) is 16.8. The van der Waals surface area contributed by atoms with Crippen molar-refractivity contribution in [2.45, 2.75) is 92.6 Å². The number of aliphatic imine (C=N–C) groups is 1. The van der Waals surface area contributed by atoms with Gasteiger partial charge in [-0.25, -0.2) is 0 Å². The first-order chi connectivity index (χ1) is 10.6. The quantitative estimate of drug-likeness (QED) is 0.776. The Morgan fingerprint density at radius 2 is 1.46 bits per heavy atom. The first kappa shape index (κ1) is 20.7. The summed E-state index contributed by atoms with van der Waals surface area (Å²) in [5.74, 6) is -0.203. The van der Waals surface area contributed by atoms with Gasteiger partial charge in [0.1, 0.15) is 0 Å². The highest BCUT2D eigenvalue weighted by Crippen LogP contribution is 2.44. The van der Waals surface area contributed by atoms with Crippen LogP contribution in [0.5, 0.6) is 0 Å². The number of carbonyl (C=O) groups excluding carboxylic acids is 1. The van der Waals surface area contributed by atoms with Gasteiger partial charge in [0.25, 0.3) is 0 Å². The number of nitrogens with zero attached hydrogens (tertiary/aromatic N) is 1. The molecule has 1 unspecified atom stereocenters. The van der Waals surface area contributed by atoms with Crippen molar-refractivity contribution < 1.29 is 19.4 Å². The summed E-state index contributed by atoms with van der Waals surface area (Å²) < 4.78 is 11.4. The van der Waals surface area contributed by atoms with Crippen LogP contribution in [0.25, 0.3) is 0 Å². The van der Waals surface area contributed by atoms with E-state index in [1.165, 1.54) is 0 Å². The number of aliphatic hydroxyl groups is 1. The normalized spacial score (nSPS) is 23.0. The van der Waals surface area contributed by atoms with E-state index in [4.69, 9.17) is 9.47 Å². The number of hydrogen-bond donors (Lipinski definition) is 1. The van der Waals surface area contributed by atoms with Crippen LogP contribution in [0.15, 0.2) is 16.5 Å². The van der Waals surface area contributed by atoms with Crippen LogP contribution in [0.2, 0.25) is 0 Å². The molecule has 0 aliphatic heterocycles. The summed E-state index contributed by atoms with van der Waals surface area (Å²) in [6.07, 6.45) is -0.377. The van der Waals surface area contributed by atoms with Crippen LogP contribution in [-0.2, 0) is 14.3 Å². The van der Waals surface area contributed by atoms with Crippen molar-refractivity contribution in [3.63, 3.8) is 0 Å². The minimum absolute atomic E-state index is 0.104. The number of carbonyl (C=O) groups is 1. The molecule has 24 heavy (non-hydrogen) atoms. The highest BCUT2D eigenvalue weighted by molar-refractivity contribution is 6.27. The van der Waals surface area contributed by atoms with Gasteiger partial charge in [0, 0.05) is 5.41 Å². The molecule has 1 atom stereocenters. The van der Waals surface area contributed by atoms with E-state index < -0.39 is 22.3 Å². The van der Waals surface area contributed by atoms with Gasteiger partial charge in [-0.15, -0.1) is 0 Å². The first-order valence-corrected chi connectivity index (χ1v) is 8.56. The maximum Gasteiger partial charge on any atom is 0.246 e. The molecule has 0 saturated carbocycles. The van der Waals surface area contributed by atoms with Gasteiger partial charge in [-0.3, -0.25) is 9.79 Å². The van der Waals surface area contributed by atoms with E-state index in [9.17, 15) is 9.90 Å². The Balaban J connectivity index is 3.54. The first-order valence-electron chi connectivity index (χ1n) is 8.56. The van der Waals surface area contributed by atoms with Crippen LogP contribution >= 0.6 is 0 Å². The lowest BCUT2D eigenvalue weighted by Gasteiger charge is -2.44. The Bertz CT molecular complexity index is 559. The summed E-state index contributed by atoms with van der Waals surface area (Å²) in [6, 6.07) is 0. The van der Waals surface area contributed by atoms with Crippen LogP contribution < -0.4 is 0 Å². The lowest BCUT2D eigenvalue weighted by molar-refractivity contribution is -0.142. The van der Waals surface area contributed by atoms with Gasteiger partial charge in [-0.2, -0.15) is 0 Å². The van der Waals surface area contributed by atoms with Crippen LogP contribution in [0, 0.1) is 5.41 Å². The molecule has 0 aromatic carbocycles. The molecular formula is C19H33NO4. The third-order valence-corrected chi connectivity index (χ3v) is 3.28. The monoisotopic (exact) mass is 339 g/mol. The molecule has 0 heterocycles. The van der Waals surface area contributed by atoms with E-state index in [1.54, 1.807) is 0 Å². The van der Waals surface area contributed by atoms with E-state index in [0.717, 1.165) is 0 Å². The van der Waals surface area contributed by atoms with Crippen LogP contribution in [0.3, 0.4) is 0 Å². The van der Waals surface area contributed by atoms with Gasteiger partial charge in [-0.05, 0) is 48.5 Å². The van der Waals surface area contributed by atoms with E-state index in [2.05, 4.69) is 4.99 Å². The molecule has 1 N–H and O–H groups in total. The largest absolute Gasteiger partial charge is 0.487 e. The summed E-state index contributed by atoms with van der Waals surface area (Å²) in [5, 5.41) is 11.3. The number of hydrogen-bond acceptors (Lipinski definition) is 5. The highest BCUT2D eigenvalue weighted by Gasteiger charge is 2.62. The SMILES string of the molecule is CC(C)OC1=C(OC(C)C)C(O)(C(=NC(C)(C)C)C(C)(C)C)C1=O. The van der Waals surface area contributed by atoms with Crippen molar-refractivity contribution in [3.8, 4) is 0 Å². The predicted octanol–water partition coefficient (Wildman–Crippen LogP) is 3.65. The molecule has 0 amide bonds. The molecule has 0 spiro atoms. The standard InChI is InChI=1S/C19H33NO4/c1-11(2)23-13-14(21)19(22,15(13)24-12(3)4)16(17(5,6)7)20-18(8,9)10/h11-12,22H,1-10H3. The zero-order valence-electron chi connectivity index (χ0n) is 16.8. The zero-order chi connectivity index (χ0) is 19.1. The number of rotatable bonds is 5. The second-order valence-electron chi connectivity index (χ2n) is 8.91. The average Bonchev–Trinajstić information content (AvgIpc) is 2.36.